The molecule has 2 nitrogen and oxygen atoms in total. The van der Waals surface area contributed by atoms with Crippen molar-refractivity contribution in [2.75, 3.05) is 11.1 Å². The van der Waals surface area contributed by atoms with E-state index in [1.807, 2.05) is 42.1 Å². The van der Waals surface area contributed by atoms with Crippen LogP contribution in [-0.2, 0) is 0 Å². The zero-order valence-electron chi connectivity index (χ0n) is 11.9. The lowest BCUT2D eigenvalue weighted by molar-refractivity contribution is 0.102. The molecule has 1 amide bonds. The van der Waals surface area contributed by atoms with Gasteiger partial charge in [0.2, 0.25) is 0 Å². The van der Waals surface area contributed by atoms with Crippen LogP contribution in [0, 0.1) is 0 Å². The molecular weight excluding hydrogens is 346 g/mol. The third kappa shape index (κ3) is 5.21. The van der Waals surface area contributed by atoms with E-state index in [9.17, 15) is 4.79 Å². The summed E-state index contributed by atoms with van der Waals surface area (Å²) in [6.07, 6.45) is 2.44. The van der Waals surface area contributed by atoms with Gasteiger partial charge in [0.1, 0.15) is 0 Å². The van der Waals surface area contributed by atoms with Gasteiger partial charge in [-0.1, -0.05) is 35.3 Å². The van der Waals surface area contributed by atoms with Crippen LogP contribution in [0.15, 0.2) is 57.9 Å². The molecule has 2 aromatic carbocycles. The van der Waals surface area contributed by atoms with Crippen LogP contribution >= 0.6 is 27.7 Å². The summed E-state index contributed by atoms with van der Waals surface area (Å²) in [5.41, 5.74) is 1.46. The molecule has 21 heavy (non-hydrogen) atoms. The smallest absolute Gasteiger partial charge is 0.255 e. The van der Waals surface area contributed by atoms with E-state index >= 15 is 0 Å². The number of hydrogen-bond acceptors (Lipinski definition) is 2. The van der Waals surface area contributed by atoms with Crippen molar-refractivity contribution in [3.8, 4) is 0 Å². The first-order valence-electron chi connectivity index (χ1n) is 6.99. The van der Waals surface area contributed by atoms with E-state index in [0.717, 1.165) is 15.9 Å². The standard InChI is InChI=1S/C17H18BrNOS/c1-2-3-11-21-16-9-7-15(8-10-16)19-17(20)13-5-4-6-14(18)12-13/h4-10,12H,2-3,11H2,1H3,(H,19,20). The van der Waals surface area contributed by atoms with Crippen LogP contribution in [0.5, 0.6) is 0 Å². The number of thioether (sulfide) groups is 1. The van der Waals surface area contributed by atoms with Crippen molar-refractivity contribution in [3.05, 3.63) is 58.6 Å². The Labute approximate surface area is 138 Å². The highest BCUT2D eigenvalue weighted by atomic mass is 79.9. The predicted molar refractivity (Wildman–Crippen MR) is 94.2 cm³/mol. The van der Waals surface area contributed by atoms with Crippen molar-refractivity contribution >= 4 is 39.3 Å². The molecule has 0 unspecified atom stereocenters. The van der Waals surface area contributed by atoms with Gasteiger partial charge in [0.15, 0.2) is 0 Å². The molecule has 0 aromatic heterocycles. The number of rotatable bonds is 6. The molecule has 0 spiro atoms. The van der Waals surface area contributed by atoms with Gasteiger partial charge < -0.3 is 5.32 Å². The number of amides is 1. The Balaban J connectivity index is 1.95. The Kier molecular flexibility index (Phi) is 6.33. The van der Waals surface area contributed by atoms with Crippen molar-refractivity contribution in [1.29, 1.82) is 0 Å². The normalized spacial score (nSPS) is 10.4. The summed E-state index contributed by atoms with van der Waals surface area (Å²) in [5.74, 6) is 1.04. The summed E-state index contributed by atoms with van der Waals surface area (Å²) >= 11 is 5.22. The fourth-order valence-corrected chi connectivity index (χ4v) is 3.20. The number of hydrogen-bond donors (Lipinski definition) is 1. The molecule has 0 heterocycles. The highest BCUT2D eigenvalue weighted by Crippen LogP contribution is 2.22. The average Bonchev–Trinajstić information content (AvgIpc) is 2.49. The molecule has 0 aliphatic rings. The minimum atomic E-state index is -0.0947. The van der Waals surface area contributed by atoms with Gasteiger partial charge in [0, 0.05) is 20.6 Å². The molecule has 0 aliphatic heterocycles. The van der Waals surface area contributed by atoms with E-state index in [4.69, 9.17) is 0 Å². The van der Waals surface area contributed by atoms with Gasteiger partial charge in [0.05, 0.1) is 0 Å². The number of carbonyl (C=O) groups is 1. The van der Waals surface area contributed by atoms with Crippen LogP contribution in [0.3, 0.4) is 0 Å². The second-order valence-electron chi connectivity index (χ2n) is 4.69. The Morgan fingerprint density at radius 2 is 1.95 bits per heavy atom. The average molecular weight is 364 g/mol. The third-order valence-corrected chi connectivity index (χ3v) is 4.56. The molecule has 0 bridgehead atoms. The van der Waals surface area contributed by atoms with Gasteiger partial charge in [-0.05, 0) is 54.6 Å². The molecule has 0 fully saturated rings. The summed E-state index contributed by atoms with van der Waals surface area (Å²) in [5, 5.41) is 2.91. The van der Waals surface area contributed by atoms with Gasteiger partial charge in [-0.15, -0.1) is 11.8 Å². The van der Waals surface area contributed by atoms with Crippen LogP contribution in [0.2, 0.25) is 0 Å². The maximum atomic E-state index is 12.1. The monoisotopic (exact) mass is 363 g/mol. The van der Waals surface area contributed by atoms with E-state index in [1.165, 1.54) is 17.7 Å². The lowest BCUT2D eigenvalue weighted by atomic mass is 10.2. The molecule has 0 radical (unpaired) electrons. The van der Waals surface area contributed by atoms with Crippen molar-refractivity contribution in [1.82, 2.24) is 0 Å². The summed E-state index contributed by atoms with van der Waals surface area (Å²) in [7, 11) is 0. The first kappa shape index (κ1) is 16.1. The van der Waals surface area contributed by atoms with Gasteiger partial charge in [0.25, 0.3) is 5.91 Å². The highest BCUT2D eigenvalue weighted by molar-refractivity contribution is 9.10. The zero-order chi connectivity index (χ0) is 15.1. The highest BCUT2D eigenvalue weighted by Gasteiger charge is 2.06. The van der Waals surface area contributed by atoms with E-state index in [1.54, 1.807) is 6.07 Å². The van der Waals surface area contributed by atoms with Gasteiger partial charge in [-0.2, -0.15) is 0 Å². The first-order chi connectivity index (χ1) is 10.2. The van der Waals surface area contributed by atoms with Gasteiger partial charge >= 0.3 is 0 Å². The summed E-state index contributed by atoms with van der Waals surface area (Å²) in [4.78, 5) is 13.4. The second-order valence-corrected chi connectivity index (χ2v) is 6.77. The van der Waals surface area contributed by atoms with E-state index in [0.29, 0.717) is 5.56 Å². The van der Waals surface area contributed by atoms with Crippen molar-refractivity contribution in [3.63, 3.8) is 0 Å². The molecule has 0 aliphatic carbocycles. The largest absolute Gasteiger partial charge is 0.322 e. The fraction of sp³-hybridized carbons (Fsp3) is 0.235. The molecule has 2 rings (SSSR count). The summed E-state index contributed by atoms with van der Waals surface area (Å²) in [6.45, 7) is 2.20. The fourth-order valence-electron chi connectivity index (χ4n) is 1.80. The number of unbranched alkanes of at least 4 members (excludes halogenated alkanes) is 1. The molecule has 2 aromatic rings. The molecular formula is C17H18BrNOS. The number of halogens is 1. The Morgan fingerprint density at radius 1 is 1.19 bits per heavy atom. The topological polar surface area (TPSA) is 29.1 Å². The summed E-state index contributed by atoms with van der Waals surface area (Å²) < 4.78 is 0.901. The minimum absolute atomic E-state index is 0.0947. The lowest BCUT2D eigenvalue weighted by Gasteiger charge is -2.07. The van der Waals surface area contributed by atoms with E-state index in [-0.39, 0.29) is 5.91 Å². The Hall–Kier alpha value is -1.26. The molecule has 0 saturated carbocycles. The number of anilines is 1. The van der Waals surface area contributed by atoms with Crippen LogP contribution in [0.25, 0.3) is 0 Å². The first-order valence-corrected chi connectivity index (χ1v) is 8.76. The van der Waals surface area contributed by atoms with Crippen LogP contribution in [0.4, 0.5) is 5.69 Å². The molecule has 4 heteroatoms. The van der Waals surface area contributed by atoms with Crippen LogP contribution in [0.1, 0.15) is 30.1 Å². The maximum Gasteiger partial charge on any atom is 0.255 e. The van der Waals surface area contributed by atoms with Crippen molar-refractivity contribution in [2.24, 2.45) is 0 Å². The Bertz CT molecular complexity index is 598. The second kappa shape index (κ2) is 8.25. The summed E-state index contributed by atoms with van der Waals surface area (Å²) in [6, 6.07) is 15.4. The molecule has 0 saturated heterocycles. The SMILES string of the molecule is CCCCSc1ccc(NC(=O)c2cccc(Br)c2)cc1. The van der Waals surface area contributed by atoms with Gasteiger partial charge in [-0.3, -0.25) is 4.79 Å². The zero-order valence-corrected chi connectivity index (χ0v) is 14.3. The van der Waals surface area contributed by atoms with Crippen LogP contribution in [-0.4, -0.2) is 11.7 Å². The van der Waals surface area contributed by atoms with Crippen molar-refractivity contribution < 1.29 is 4.79 Å². The van der Waals surface area contributed by atoms with Gasteiger partial charge in [-0.25, -0.2) is 0 Å². The molecule has 0 atom stereocenters. The molecule has 110 valence electrons. The van der Waals surface area contributed by atoms with E-state index < -0.39 is 0 Å². The minimum Gasteiger partial charge on any atom is -0.322 e. The lowest BCUT2D eigenvalue weighted by Crippen LogP contribution is -2.11. The third-order valence-electron chi connectivity index (χ3n) is 2.97. The van der Waals surface area contributed by atoms with E-state index in [2.05, 4.69) is 40.3 Å². The van der Waals surface area contributed by atoms with Crippen molar-refractivity contribution in [2.45, 2.75) is 24.7 Å². The quantitative estimate of drug-likeness (QED) is 0.534. The molecule has 1 N–H and O–H groups in total. The maximum absolute atomic E-state index is 12.1. The number of benzene rings is 2. The Morgan fingerprint density at radius 3 is 2.62 bits per heavy atom. The number of carbonyl (C=O) groups excluding carboxylic acids is 1. The van der Waals surface area contributed by atoms with Crippen LogP contribution < -0.4 is 5.32 Å². The predicted octanol–water partition coefficient (Wildman–Crippen LogP) is 5.59. The number of nitrogens with one attached hydrogen (secondary N) is 1.